The average Bonchev–Trinajstić information content (AvgIpc) is 2.56. The van der Waals surface area contributed by atoms with E-state index in [1.54, 1.807) is 0 Å². The first-order valence-electron chi connectivity index (χ1n) is 7.96. The molecule has 4 nitrogen and oxygen atoms in total. The van der Waals surface area contributed by atoms with Crippen molar-refractivity contribution < 1.29 is 9.53 Å². The first-order valence-corrected chi connectivity index (χ1v) is 8.84. The second-order valence-electron chi connectivity index (χ2n) is 5.95. The molecule has 2 heterocycles. The van der Waals surface area contributed by atoms with Crippen LogP contribution in [-0.2, 0) is 9.53 Å². The molecule has 1 aliphatic rings. The molecular formula is C18H22N2O2S. The maximum atomic E-state index is 12.5. The van der Waals surface area contributed by atoms with E-state index in [1.165, 1.54) is 28.3 Å². The van der Waals surface area contributed by atoms with Gasteiger partial charge in [-0.3, -0.25) is 4.79 Å². The van der Waals surface area contributed by atoms with Crippen LogP contribution in [0.1, 0.15) is 18.1 Å². The van der Waals surface area contributed by atoms with Crippen molar-refractivity contribution in [1.29, 1.82) is 0 Å². The summed E-state index contributed by atoms with van der Waals surface area (Å²) in [7, 11) is 0. The van der Waals surface area contributed by atoms with Gasteiger partial charge in [0.25, 0.3) is 0 Å². The number of aryl methyl sites for hydroxylation is 2. The van der Waals surface area contributed by atoms with Crippen LogP contribution in [0.5, 0.6) is 0 Å². The maximum Gasteiger partial charge on any atom is 0.235 e. The summed E-state index contributed by atoms with van der Waals surface area (Å²) in [5.41, 5.74) is 3.40. The predicted molar refractivity (Wildman–Crippen MR) is 93.9 cm³/mol. The number of pyridine rings is 1. The molecule has 122 valence electrons. The van der Waals surface area contributed by atoms with Crippen molar-refractivity contribution >= 4 is 28.6 Å². The summed E-state index contributed by atoms with van der Waals surface area (Å²) in [6.45, 7) is 8.78. The molecular weight excluding hydrogens is 308 g/mol. The Morgan fingerprint density at radius 3 is 2.74 bits per heavy atom. The molecule has 1 aromatic carbocycles. The van der Waals surface area contributed by atoms with Crippen LogP contribution in [0.25, 0.3) is 10.9 Å². The van der Waals surface area contributed by atoms with Gasteiger partial charge in [0.1, 0.15) is 0 Å². The molecule has 0 aliphatic carbocycles. The Hall–Kier alpha value is -1.59. The van der Waals surface area contributed by atoms with E-state index in [0.717, 1.165) is 10.5 Å². The molecule has 1 fully saturated rings. The molecule has 2 aromatic rings. The number of carbonyl (C=O) groups excluding carboxylic acids is 1. The number of ether oxygens (including phenoxy) is 1. The van der Waals surface area contributed by atoms with Crippen molar-refractivity contribution in [1.82, 2.24) is 9.88 Å². The molecule has 5 heteroatoms. The number of amides is 1. The van der Waals surface area contributed by atoms with Crippen LogP contribution in [0.4, 0.5) is 0 Å². The van der Waals surface area contributed by atoms with Crippen LogP contribution in [0.3, 0.4) is 0 Å². The summed E-state index contributed by atoms with van der Waals surface area (Å²) < 4.78 is 5.31. The molecule has 3 rings (SSSR count). The lowest BCUT2D eigenvalue weighted by Crippen LogP contribution is -2.44. The minimum atomic E-state index is -0.138. The van der Waals surface area contributed by atoms with Crippen molar-refractivity contribution in [3.05, 3.63) is 35.4 Å². The van der Waals surface area contributed by atoms with Gasteiger partial charge in [-0.05, 0) is 38.0 Å². The zero-order valence-corrected chi connectivity index (χ0v) is 14.7. The molecule has 0 saturated carbocycles. The van der Waals surface area contributed by atoms with Gasteiger partial charge < -0.3 is 9.64 Å². The van der Waals surface area contributed by atoms with Gasteiger partial charge in [-0.25, -0.2) is 4.98 Å². The van der Waals surface area contributed by atoms with E-state index in [2.05, 4.69) is 38.1 Å². The molecule has 0 spiro atoms. The van der Waals surface area contributed by atoms with Crippen LogP contribution >= 0.6 is 11.8 Å². The standard InChI is InChI=1S/C18H22N2O2S/c1-12-5-4-6-15-13(2)11-16(19-17(12)15)23-14(3)18(21)20-7-9-22-10-8-20/h4-6,11,14H,7-10H2,1-3H3. The maximum absolute atomic E-state index is 12.5. The number of fused-ring (bicyclic) bond motifs is 1. The van der Waals surface area contributed by atoms with E-state index in [-0.39, 0.29) is 11.2 Å². The van der Waals surface area contributed by atoms with E-state index in [9.17, 15) is 4.79 Å². The van der Waals surface area contributed by atoms with Gasteiger partial charge in [0, 0.05) is 18.5 Å². The molecule has 1 unspecified atom stereocenters. The number of hydrogen-bond acceptors (Lipinski definition) is 4. The minimum Gasteiger partial charge on any atom is -0.378 e. The van der Waals surface area contributed by atoms with Crippen molar-refractivity contribution in [2.24, 2.45) is 0 Å². The fraction of sp³-hybridized carbons (Fsp3) is 0.444. The number of hydrogen-bond donors (Lipinski definition) is 0. The lowest BCUT2D eigenvalue weighted by atomic mass is 10.1. The van der Waals surface area contributed by atoms with Gasteiger partial charge in [0.05, 0.1) is 29.0 Å². The molecule has 23 heavy (non-hydrogen) atoms. The van der Waals surface area contributed by atoms with Crippen molar-refractivity contribution in [3.8, 4) is 0 Å². The molecule has 0 N–H and O–H groups in total. The van der Waals surface area contributed by atoms with E-state index in [4.69, 9.17) is 9.72 Å². The second kappa shape index (κ2) is 6.89. The van der Waals surface area contributed by atoms with Crippen molar-refractivity contribution in [3.63, 3.8) is 0 Å². The number of rotatable bonds is 3. The van der Waals surface area contributed by atoms with Crippen LogP contribution in [0, 0.1) is 13.8 Å². The monoisotopic (exact) mass is 330 g/mol. The zero-order chi connectivity index (χ0) is 16.4. The number of carbonyl (C=O) groups is 1. The molecule has 1 aliphatic heterocycles. The van der Waals surface area contributed by atoms with Gasteiger partial charge in [-0.15, -0.1) is 0 Å². The highest BCUT2D eigenvalue weighted by Crippen LogP contribution is 2.28. The van der Waals surface area contributed by atoms with Gasteiger partial charge in [0.15, 0.2) is 0 Å². The van der Waals surface area contributed by atoms with Crippen LogP contribution < -0.4 is 0 Å². The number of para-hydroxylation sites is 1. The van der Waals surface area contributed by atoms with E-state index in [0.29, 0.717) is 26.3 Å². The number of benzene rings is 1. The van der Waals surface area contributed by atoms with Gasteiger partial charge in [0.2, 0.25) is 5.91 Å². The smallest absolute Gasteiger partial charge is 0.235 e. The Kier molecular flexibility index (Phi) is 4.87. The quantitative estimate of drug-likeness (QED) is 0.811. The highest BCUT2D eigenvalue weighted by Gasteiger charge is 2.23. The van der Waals surface area contributed by atoms with Crippen LogP contribution in [0.2, 0.25) is 0 Å². The normalized spacial score (nSPS) is 16.6. The Bertz CT molecular complexity index is 726. The molecule has 0 radical (unpaired) electrons. The van der Waals surface area contributed by atoms with Gasteiger partial charge >= 0.3 is 0 Å². The highest BCUT2D eigenvalue weighted by molar-refractivity contribution is 8.00. The Morgan fingerprint density at radius 2 is 2.00 bits per heavy atom. The number of nitrogens with zero attached hydrogens (tertiary/aromatic N) is 2. The average molecular weight is 330 g/mol. The fourth-order valence-corrected chi connectivity index (χ4v) is 3.86. The minimum absolute atomic E-state index is 0.138. The second-order valence-corrected chi connectivity index (χ2v) is 7.31. The molecule has 1 aromatic heterocycles. The lowest BCUT2D eigenvalue weighted by molar-refractivity contribution is -0.134. The first-order chi connectivity index (χ1) is 11.1. The van der Waals surface area contributed by atoms with Crippen LogP contribution in [-0.4, -0.2) is 47.3 Å². The summed E-state index contributed by atoms with van der Waals surface area (Å²) in [5.74, 6) is 0.169. The predicted octanol–water partition coefficient (Wildman–Crippen LogP) is 3.19. The molecule has 1 saturated heterocycles. The van der Waals surface area contributed by atoms with Gasteiger partial charge in [-0.2, -0.15) is 0 Å². The van der Waals surface area contributed by atoms with E-state index in [1.807, 2.05) is 11.8 Å². The summed E-state index contributed by atoms with van der Waals surface area (Å²) in [6.07, 6.45) is 0. The number of aromatic nitrogens is 1. The third-order valence-electron chi connectivity index (χ3n) is 4.19. The number of morpholine rings is 1. The van der Waals surface area contributed by atoms with Crippen LogP contribution in [0.15, 0.2) is 29.3 Å². The topological polar surface area (TPSA) is 42.4 Å². The Balaban J connectivity index is 1.80. The molecule has 0 bridgehead atoms. The highest BCUT2D eigenvalue weighted by atomic mass is 32.2. The SMILES string of the molecule is Cc1cc(SC(C)C(=O)N2CCOCC2)nc2c(C)cccc12. The van der Waals surface area contributed by atoms with Crippen molar-refractivity contribution in [2.75, 3.05) is 26.3 Å². The Labute approximate surface area is 141 Å². The third kappa shape index (κ3) is 3.51. The van der Waals surface area contributed by atoms with E-state index < -0.39 is 0 Å². The lowest BCUT2D eigenvalue weighted by Gasteiger charge is -2.29. The molecule has 1 atom stereocenters. The summed E-state index contributed by atoms with van der Waals surface area (Å²) in [4.78, 5) is 19.2. The third-order valence-corrected chi connectivity index (χ3v) is 5.20. The fourth-order valence-electron chi connectivity index (χ4n) is 2.86. The number of thioether (sulfide) groups is 1. The Morgan fingerprint density at radius 1 is 1.26 bits per heavy atom. The summed E-state index contributed by atoms with van der Waals surface area (Å²) in [5, 5.41) is 1.96. The van der Waals surface area contributed by atoms with E-state index >= 15 is 0 Å². The van der Waals surface area contributed by atoms with Crippen molar-refractivity contribution in [2.45, 2.75) is 31.0 Å². The molecule has 1 amide bonds. The van der Waals surface area contributed by atoms with Gasteiger partial charge in [-0.1, -0.05) is 30.0 Å². The summed E-state index contributed by atoms with van der Waals surface area (Å²) >= 11 is 1.54. The zero-order valence-electron chi connectivity index (χ0n) is 13.8. The first kappa shape index (κ1) is 16.3. The largest absolute Gasteiger partial charge is 0.378 e. The summed E-state index contributed by atoms with van der Waals surface area (Å²) in [6, 6.07) is 8.31.